The first kappa shape index (κ1) is 40.1. The Morgan fingerprint density at radius 1 is 0.804 bits per heavy atom. The highest BCUT2D eigenvalue weighted by Gasteiger charge is 2.39. The number of ether oxygens (including phenoxy) is 1. The van der Waals surface area contributed by atoms with Crippen LogP contribution in [0.3, 0.4) is 0 Å². The van der Waals surface area contributed by atoms with E-state index in [0.717, 1.165) is 77.7 Å². The molecule has 4 N–H and O–H groups in total. The number of alkyl halides is 1. The van der Waals surface area contributed by atoms with E-state index >= 15 is 0 Å². The van der Waals surface area contributed by atoms with E-state index in [0.29, 0.717) is 56.2 Å². The van der Waals surface area contributed by atoms with Crippen LogP contribution in [0, 0.1) is 0 Å². The van der Waals surface area contributed by atoms with Gasteiger partial charge in [0.2, 0.25) is 17.7 Å². The highest BCUT2D eigenvalue weighted by molar-refractivity contribution is 6.18. The topological polar surface area (TPSA) is 137 Å². The van der Waals surface area contributed by atoms with Gasteiger partial charge in [-0.05, 0) is 89.9 Å². The smallest absolute Gasteiger partial charge is 0.255 e. The van der Waals surface area contributed by atoms with Crippen LogP contribution in [0.1, 0.15) is 90.4 Å². The van der Waals surface area contributed by atoms with Gasteiger partial charge in [0.15, 0.2) is 0 Å². The molecule has 1 atom stereocenters. The first-order valence-electron chi connectivity index (χ1n) is 19.5. The molecule has 4 aromatic carbocycles. The zero-order valence-corrected chi connectivity index (χ0v) is 32.3. The molecule has 0 aliphatic carbocycles. The number of benzene rings is 4. The summed E-state index contributed by atoms with van der Waals surface area (Å²) < 4.78 is 5.95. The molecule has 0 bridgehead atoms. The Bertz CT molecular complexity index is 2020. The number of aromatic hydroxyl groups is 1. The Morgan fingerprint density at radius 3 is 2.25 bits per heavy atom. The van der Waals surface area contributed by atoms with Gasteiger partial charge < -0.3 is 25.4 Å². The van der Waals surface area contributed by atoms with Gasteiger partial charge in [0.05, 0.1) is 6.54 Å². The van der Waals surface area contributed by atoms with Crippen molar-refractivity contribution >= 4 is 52.1 Å². The highest BCUT2D eigenvalue weighted by Crippen LogP contribution is 2.36. The van der Waals surface area contributed by atoms with E-state index in [1.165, 1.54) is 0 Å². The van der Waals surface area contributed by atoms with Gasteiger partial charge in [-0.2, -0.15) is 0 Å². The number of piperidine rings is 1. The lowest BCUT2D eigenvalue weighted by Crippen LogP contribution is -2.52. The molecule has 1 saturated heterocycles. The number of halogens is 1. The summed E-state index contributed by atoms with van der Waals surface area (Å²) in [5.74, 6) is 0.523. The Morgan fingerprint density at radius 2 is 1.52 bits per heavy atom. The summed E-state index contributed by atoms with van der Waals surface area (Å²) in [6.07, 6.45) is 6.49. The van der Waals surface area contributed by atoms with Crippen LogP contribution in [-0.2, 0) is 20.9 Å². The Hall–Kier alpha value is -5.61. The van der Waals surface area contributed by atoms with E-state index < -0.39 is 11.9 Å². The lowest BCUT2D eigenvalue weighted by atomic mass is 9.88. The van der Waals surface area contributed by atoms with Crippen LogP contribution in [0.2, 0.25) is 0 Å². The summed E-state index contributed by atoms with van der Waals surface area (Å²) >= 11 is 6.28. The van der Waals surface area contributed by atoms with Crippen molar-refractivity contribution in [3.05, 3.63) is 125 Å². The van der Waals surface area contributed by atoms with Crippen LogP contribution in [0.15, 0.2) is 97.1 Å². The van der Waals surface area contributed by atoms with Crippen LogP contribution in [-0.4, -0.2) is 65.3 Å². The fourth-order valence-electron chi connectivity index (χ4n) is 7.37. The van der Waals surface area contributed by atoms with Crippen LogP contribution >= 0.6 is 11.6 Å². The number of anilines is 1. The number of imide groups is 1. The van der Waals surface area contributed by atoms with Crippen LogP contribution < -0.4 is 20.7 Å². The van der Waals surface area contributed by atoms with Crippen molar-refractivity contribution < 1.29 is 29.0 Å². The zero-order chi connectivity index (χ0) is 39.3. The van der Waals surface area contributed by atoms with E-state index in [4.69, 9.17) is 16.3 Å². The highest BCUT2D eigenvalue weighted by atomic mass is 35.5. The molecule has 2 aliphatic heterocycles. The molecule has 292 valence electrons. The number of amides is 4. The van der Waals surface area contributed by atoms with Crippen molar-refractivity contribution in [2.24, 2.45) is 0 Å². The zero-order valence-electron chi connectivity index (χ0n) is 31.5. The predicted molar refractivity (Wildman–Crippen MR) is 219 cm³/mol. The molecule has 0 aromatic heterocycles. The van der Waals surface area contributed by atoms with Crippen LogP contribution in [0.4, 0.5) is 5.69 Å². The van der Waals surface area contributed by atoms with Crippen molar-refractivity contribution in [1.82, 2.24) is 15.5 Å². The first-order chi connectivity index (χ1) is 27.3. The number of allylic oxidation sites excluding steroid dienone is 1. The SMILES string of the molecule is O=C(CCCCCCCNc1cccc2c1CN(C1CCC(=O)NC1=O)C2=O)NCCOc1ccc(C(=C(CCCl)c2ccccc2)c2ccc(O)cc2)cc1. The van der Waals surface area contributed by atoms with Crippen molar-refractivity contribution in [3.8, 4) is 11.5 Å². The van der Waals surface area contributed by atoms with E-state index in [-0.39, 0.29) is 29.9 Å². The maximum atomic E-state index is 13.1. The van der Waals surface area contributed by atoms with Gasteiger partial charge in [-0.1, -0.05) is 79.9 Å². The molecule has 6 rings (SSSR count). The van der Waals surface area contributed by atoms with E-state index in [1.54, 1.807) is 23.1 Å². The van der Waals surface area contributed by atoms with Gasteiger partial charge in [-0.15, -0.1) is 11.6 Å². The molecule has 0 saturated carbocycles. The largest absolute Gasteiger partial charge is 0.508 e. The minimum absolute atomic E-state index is 0.0147. The third-order valence-corrected chi connectivity index (χ3v) is 10.4. The second-order valence-corrected chi connectivity index (χ2v) is 14.5. The number of rotatable bonds is 19. The van der Waals surface area contributed by atoms with Crippen molar-refractivity contribution in [3.63, 3.8) is 0 Å². The lowest BCUT2D eigenvalue weighted by molar-refractivity contribution is -0.137. The number of nitrogens with one attached hydrogen (secondary N) is 3. The molecule has 2 heterocycles. The number of nitrogens with zero attached hydrogens (tertiary/aromatic N) is 1. The first-order valence-corrected chi connectivity index (χ1v) is 20.0. The molecule has 4 amide bonds. The minimum Gasteiger partial charge on any atom is -0.508 e. The molecule has 0 spiro atoms. The molecule has 10 nitrogen and oxygen atoms in total. The summed E-state index contributed by atoms with van der Waals surface area (Å²) in [5, 5.41) is 18.7. The Kier molecular flexibility index (Phi) is 14.2. The van der Waals surface area contributed by atoms with E-state index in [2.05, 4.69) is 28.1 Å². The second kappa shape index (κ2) is 19.8. The van der Waals surface area contributed by atoms with Crippen molar-refractivity contribution in [2.75, 3.05) is 30.9 Å². The lowest BCUT2D eigenvalue weighted by Gasteiger charge is -2.29. The number of unbranched alkanes of at least 4 members (excludes halogenated alkanes) is 4. The average molecular weight is 777 g/mol. The fourth-order valence-corrected chi connectivity index (χ4v) is 7.56. The van der Waals surface area contributed by atoms with E-state index in [1.807, 2.05) is 66.7 Å². The molecular formula is C45H49ClN4O6. The van der Waals surface area contributed by atoms with Gasteiger partial charge in [0, 0.05) is 48.6 Å². The summed E-state index contributed by atoms with van der Waals surface area (Å²) in [6.45, 7) is 1.87. The van der Waals surface area contributed by atoms with E-state index in [9.17, 15) is 24.3 Å². The number of carbonyl (C=O) groups excluding carboxylic acids is 4. The van der Waals surface area contributed by atoms with Gasteiger partial charge in [0.25, 0.3) is 5.91 Å². The standard InChI is InChI=1S/C45H49ClN4O6/c46-26-25-36(31-10-5-4-6-11-31)43(32-15-19-34(51)20-16-32)33-17-21-35(22-18-33)56-29-28-48-41(52)14-7-2-1-3-8-27-47-39-13-9-12-37-38(39)30-50(45(37)55)40-23-24-42(53)49-44(40)54/h4-6,9-13,15-22,40,47,51H,1-3,7-8,14,23-30H2,(H,48,52)(H,49,53,54). The Balaban J connectivity index is 0.879. The number of hydrogen-bond acceptors (Lipinski definition) is 7. The number of phenolic OH excluding ortho intramolecular Hbond substituents is 1. The predicted octanol–water partition coefficient (Wildman–Crippen LogP) is 7.69. The molecule has 2 aliphatic rings. The quantitative estimate of drug-likeness (QED) is 0.0332. The normalized spacial score (nSPS) is 15.6. The van der Waals surface area contributed by atoms with Gasteiger partial charge in [-0.3, -0.25) is 24.5 Å². The molecular weight excluding hydrogens is 728 g/mol. The van der Waals surface area contributed by atoms with Crippen LogP contribution in [0.5, 0.6) is 11.5 Å². The van der Waals surface area contributed by atoms with Crippen LogP contribution in [0.25, 0.3) is 11.1 Å². The second-order valence-electron chi connectivity index (χ2n) is 14.1. The maximum Gasteiger partial charge on any atom is 0.255 e. The molecule has 1 unspecified atom stereocenters. The summed E-state index contributed by atoms with van der Waals surface area (Å²) in [5.41, 5.74) is 7.63. The summed E-state index contributed by atoms with van der Waals surface area (Å²) in [6, 6.07) is 30.3. The monoisotopic (exact) mass is 776 g/mol. The molecule has 56 heavy (non-hydrogen) atoms. The van der Waals surface area contributed by atoms with Crippen molar-refractivity contribution in [2.45, 2.75) is 70.4 Å². The molecule has 1 fully saturated rings. The fraction of sp³-hybridized carbons (Fsp3) is 0.333. The maximum absolute atomic E-state index is 13.1. The summed E-state index contributed by atoms with van der Waals surface area (Å²) in [4.78, 5) is 51.0. The number of hydrogen-bond donors (Lipinski definition) is 4. The minimum atomic E-state index is -0.627. The third kappa shape index (κ3) is 10.4. The Labute approximate surface area is 333 Å². The molecule has 11 heteroatoms. The van der Waals surface area contributed by atoms with Gasteiger partial charge in [-0.25, -0.2) is 0 Å². The van der Waals surface area contributed by atoms with Crippen molar-refractivity contribution in [1.29, 1.82) is 0 Å². The van der Waals surface area contributed by atoms with Gasteiger partial charge in [0.1, 0.15) is 24.1 Å². The summed E-state index contributed by atoms with van der Waals surface area (Å²) in [7, 11) is 0. The number of carbonyl (C=O) groups is 4. The number of fused-ring (bicyclic) bond motifs is 1. The molecule has 0 radical (unpaired) electrons. The molecule has 4 aromatic rings. The third-order valence-electron chi connectivity index (χ3n) is 10.2. The number of phenols is 1. The average Bonchev–Trinajstić information content (AvgIpc) is 3.55. The van der Waals surface area contributed by atoms with Gasteiger partial charge >= 0.3 is 0 Å².